The van der Waals surface area contributed by atoms with Crippen molar-refractivity contribution in [3.8, 4) is 22.5 Å². The van der Waals surface area contributed by atoms with Gasteiger partial charge in [-0.2, -0.15) is 17.9 Å². The smallest absolute Gasteiger partial charge is 0.475 e. The van der Waals surface area contributed by atoms with Crippen LogP contribution in [0.1, 0.15) is 11.9 Å². The van der Waals surface area contributed by atoms with E-state index >= 15 is 0 Å². The Kier molecular flexibility index (Phi) is 8.94. The number of nitrogen functional groups attached to an aromatic ring is 1. The van der Waals surface area contributed by atoms with Crippen LogP contribution in [0.25, 0.3) is 32.7 Å². The molecule has 232 valence electrons. The molecule has 0 bridgehead atoms. The van der Waals surface area contributed by atoms with Gasteiger partial charge in [-0.05, 0) is 40.3 Å². The van der Waals surface area contributed by atoms with Gasteiger partial charge in [-0.1, -0.05) is 35.6 Å². The number of H-pyrrole nitrogens is 1. The lowest BCUT2D eigenvalue weighted by Crippen LogP contribution is -2.35. The number of aliphatic carboxylic acids is 1. The van der Waals surface area contributed by atoms with Crippen molar-refractivity contribution in [3.05, 3.63) is 60.4 Å². The maximum atomic E-state index is 13.4. The first-order valence-electron chi connectivity index (χ1n) is 11.6. The number of carboxylic acid groups (broad SMARTS) is 1. The lowest BCUT2D eigenvalue weighted by molar-refractivity contribution is -0.192. The molecule has 0 aliphatic heterocycles. The minimum Gasteiger partial charge on any atom is -0.475 e. The number of hydrogen-bond donors (Lipinski definition) is 6. The summed E-state index contributed by atoms with van der Waals surface area (Å²) in [5.74, 6) is -2.89. The highest BCUT2D eigenvalue weighted by Gasteiger charge is 2.38. The summed E-state index contributed by atoms with van der Waals surface area (Å²) in [6, 6.07) is 12.5. The number of aromatic nitrogens is 6. The van der Waals surface area contributed by atoms with Gasteiger partial charge in [-0.15, -0.1) is 5.10 Å². The van der Waals surface area contributed by atoms with Gasteiger partial charge in [0.2, 0.25) is 20.0 Å². The van der Waals surface area contributed by atoms with Gasteiger partial charge in [-0.3, -0.25) is 4.98 Å². The second-order valence-electron chi connectivity index (χ2n) is 8.47. The number of primary sulfonamides is 1. The number of rotatable bonds is 7. The number of fused-ring (bicyclic) bond motifs is 1. The topological polar surface area (TPSA) is 276 Å². The number of carboxylic acids is 1. The number of aromatic amines is 1. The molecule has 3 aromatic heterocycles. The third kappa shape index (κ3) is 6.95. The molecule has 0 saturated heterocycles. The highest BCUT2D eigenvalue weighted by Crippen LogP contribution is 2.42. The number of halogens is 3. The molecule has 0 spiro atoms. The average Bonchev–Trinajstić information content (AvgIpc) is 3.61. The van der Waals surface area contributed by atoms with E-state index in [0.717, 1.165) is 10.8 Å². The molecule has 3 heterocycles. The van der Waals surface area contributed by atoms with Crippen LogP contribution in [-0.2, 0) is 24.8 Å². The zero-order chi connectivity index (χ0) is 32.4. The minimum atomic E-state index is -5.08. The summed E-state index contributed by atoms with van der Waals surface area (Å²) in [4.78, 5) is 15.9. The minimum absolute atomic E-state index is 0.134. The molecule has 2 aromatic carbocycles. The van der Waals surface area contributed by atoms with Crippen molar-refractivity contribution < 1.29 is 39.9 Å². The molecule has 0 aliphatic carbocycles. The first kappa shape index (κ1) is 32.3. The lowest BCUT2D eigenvalue weighted by Gasteiger charge is -2.19. The Morgan fingerprint density at radius 2 is 1.75 bits per heavy atom. The number of thiazole rings is 1. The normalized spacial score (nSPS) is 12.8. The average molecular weight is 673 g/mol. The third-order valence-electron chi connectivity index (χ3n) is 5.53. The van der Waals surface area contributed by atoms with Crippen molar-refractivity contribution in [2.24, 2.45) is 10.9 Å². The molecule has 22 heteroatoms. The van der Waals surface area contributed by atoms with Crippen LogP contribution >= 0.6 is 11.3 Å². The van der Waals surface area contributed by atoms with Crippen LogP contribution in [0.4, 0.5) is 18.3 Å². The van der Waals surface area contributed by atoms with Gasteiger partial charge in [0.1, 0.15) is 16.0 Å². The van der Waals surface area contributed by atoms with Crippen LogP contribution in [-0.4, -0.2) is 64.7 Å². The van der Waals surface area contributed by atoms with E-state index in [1.165, 1.54) is 29.7 Å². The predicted octanol–water partition coefficient (Wildman–Crippen LogP) is 1.34. The number of para-hydroxylation sites is 1. The maximum Gasteiger partial charge on any atom is 0.490 e. The molecule has 5 rings (SSSR count). The van der Waals surface area contributed by atoms with Gasteiger partial charge in [0, 0.05) is 11.8 Å². The Bertz CT molecular complexity index is 2040. The van der Waals surface area contributed by atoms with E-state index < -0.39 is 48.1 Å². The molecule has 0 saturated carbocycles. The quantitative estimate of drug-likeness (QED) is 0.133. The van der Waals surface area contributed by atoms with Crippen molar-refractivity contribution in [2.45, 2.75) is 22.1 Å². The molecule has 44 heavy (non-hydrogen) atoms. The van der Waals surface area contributed by atoms with Crippen LogP contribution < -0.4 is 21.3 Å². The number of sulfonamides is 2. The van der Waals surface area contributed by atoms with Gasteiger partial charge in [0.15, 0.2) is 11.0 Å². The molecular weight excluding hydrogens is 654 g/mol. The Morgan fingerprint density at radius 1 is 1.05 bits per heavy atom. The SMILES string of the molecule is Nc1nc2c(-c3ccc(S(=O)(=O)NC(N)c4ccccn4)c(S(N)(=O)=O)c3-c3nnn[nH]3)cccc2s1.O=C(O)C(F)(F)F. The number of nitrogens with one attached hydrogen (secondary N) is 2. The van der Waals surface area contributed by atoms with Crippen LogP contribution in [0.3, 0.4) is 0 Å². The van der Waals surface area contributed by atoms with Gasteiger partial charge in [-0.25, -0.2) is 36.9 Å². The standard InChI is InChI=1S/C20H18N10O4S3.C2HF3O2/c21-18(12-5-1-2-9-24-12)28-37(33,34)14-8-7-10(11-4-3-6-13-16(11)25-20(22)35-13)15(17(14)36(23,31)32)19-26-29-30-27-19;3-2(4,5)1(6)7/h1-9,18,28H,21H2,(H2,22,25)(H2,23,31,32)(H,26,27,29,30);(H,6,7). The van der Waals surface area contributed by atoms with Crippen molar-refractivity contribution in [3.63, 3.8) is 0 Å². The van der Waals surface area contributed by atoms with E-state index in [9.17, 15) is 30.0 Å². The molecule has 1 unspecified atom stereocenters. The van der Waals surface area contributed by atoms with Gasteiger partial charge in [0.25, 0.3) is 0 Å². The summed E-state index contributed by atoms with van der Waals surface area (Å²) >= 11 is 1.24. The second-order valence-corrected chi connectivity index (χ2v) is 12.7. The van der Waals surface area contributed by atoms with E-state index in [4.69, 9.17) is 26.5 Å². The van der Waals surface area contributed by atoms with Crippen LogP contribution in [0.15, 0.2) is 64.5 Å². The predicted molar refractivity (Wildman–Crippen MR) is 149 cm³/mol. The van der Waals surface area contributed by atoms with E-state index in [1.54, 1.807) is 30.3 Å². The second kappa shape index (κ2) is 12.2. The third-order valence-corrected chi connectivity index (χ3v) is 8.99. The lowest BCUT2D eigenvalue weighted by atomic mass is 9.98. The number of nitrogens with zero attached hydrogens (tertiary/aromatic N) is 5. The number of alkyl halides is 3. The van der Waals surface area contributed by atoms with Gasteiger partial charge in [0.05, 0.1) is 21.5 Å². The summed E-state index contributed by atoms with van der Waals surface area (Å²) in [6.45, 7) is 0. The number of tetrazole rings is 1. The highest BCUT2D eigenvalue weighted by atomic mass is 32.2. The molecule has 5 aromatic rings. The fourth-order valence-electron chi connectivity index (χ4n) is 3.82. The zero-order valence-corrected chi connectivity index (χ0v) is 24.0. The Labute approximate surface area is 249 Å². The van der Waals surface area contributed by atoms with Crippen LogP contribution in [0.2, 0.25) is 0 Å². The molecule has 1 atom stereocenters. The van der Waals surface area contributed by atoms with Gasteiger partial charge < -0.3 is 16.6 Å². The van der Waals surface area contributed by atoms with Crippen molar-refractivity contribution >= 4 is 52.7 Å². The number of carbonyl (C=O) groups is 1. The van der Waals surface area contributed by atoms with Gasteiger partial charge >= 0.3 is 12.1 Å². The van der Waals surface area contributed by atoms with Crippen molar-refractivity contribution in [2.75, 3.05) is 5.73 Å². The Hall–Kier alpha value is -4.61. The number of anilines is 1. The largest absolute Gasteiger partial charge is 0.490 e. The van der Waals surface area contributed by atoms with E-state index in [1.807, 2.05) is 0 Å². The highest BCUT2D eigenvalue weighted by molar-refractivity contribution is 7.92. The first-order valence-corrected chi connectivity index (χ1v) is 15.4. The van der Waals surface area contributed by atoms with Crippen LogP contribution in [0, 0.1) is 0 Å². The molecule has 9 N–H and O–H groups in total. The monoisotopic (exact) mass is 672 g/mol. The molecule has 0 radical (unpaired) electrons. The molecule has 0 fully saturated rings. The molecule has 16 nitrogen and oxygen atoms in total. The number of pyridine rings is 1. The number of benzene rings is 2. The summed E-state index contributed by atoms with van der Waals surface area (Å²) < 4.78 is 87.5. The molecule has 0 aliphatic rings. The first-order chi connectivity index (χ1) is 20.5. The summed E-state index contributed by atoms with van der Waals surface area (Å²) in [5.41, 5.74) is 13.1. The fourth-order valence-corrected chi connectivity index (χ4v) is 7.27. The summed E-state index contributed by atoms with van der Waals surface area (Å²) in [6.07, 6.45) is -4.92. The number of nitrogens with two attached hydrogens (primary N) is 3. The van der Waals surface area contributed by atoms with Crippen molar-refractivity contribution in [1.82, 2.24) is 35.3 Å². The Balaban J connectivity index is 0.000000566. The number of hydrogen-bond acceptors (Lipinski definition) is 13. The van der Waals surface area contributed by atoms with E-state index in [0.29, 0.717) is 16.2 Å². The summed E-state index contributed by atoms with van der Waals surface area (Å²) in [5, 5.41) is 26.4. The maximum absolute atomic E-state index is 13.4. The van der Waals surface area contributed by atoms with Crippen molar-refractivity contribution in [1.29, 1.82) is 0 Å². The Morgan fingerprint density at radius 3 is 2.32 bits per heavy atom. The molecule has 0 amide bonds. The van der Waals surface area contributed by atoms with Crippen LogP contribution in [0.5, 0.6) is 0 Å². The molecular formula is C22H19F3N10O6S3. The zero-order valence-electron chi connectivity index (χ0n) is 21.6. The van der Waals surface area contributed by atoms with E-state index in [2.05, 4.69) is 35.3 Å². The van der Waals surface area contributed by atoms with E-state index in [-0.39, 0.29) is 22.6 Å². The fraction of sp³-hybridized carbons (Fsp3) is 0.0909. The summed E-state index contributed by atoms with van der Waals surface area (Å²) in [7, 11) is -9.25.